The van der Waals surface area contributed by atoms with Crippen LogP contribution in [0.1, 0.15) is 46.9 Å². The monoisotopic (exact) mass is 448 g/mol. The summed E-state index contributed by atoms with van der Waals surface area (Å²) in [7, 11) is 4.10. The minimum absolute atomic E-state index is 0.0424. The van der Waals surface area contributed by atoms with Crippen molar-refractivity contribution in [3.05, 3.63) is 77.3 Å². The molecule has 0 saturated heterocycles. The van der Waals surface area contributed by atoms with Gasteiger partial charge >= 0.3 is 0 Å². The highest BCUT2D eigenvalue weighted by Gasteiger charge is 2.24. The maximum absolute atomic E-state index is 13.0. The molecule has 2 aromatic heterocycles. The van der Waals surface area contributed by atoms with Gasteiger partial charge in [0.25, 0.3) is 0 Å². The molecule has 0 bridgehead atoms. The van der Waals surface area contributed by atoms with Gasteiger partial charge in [-0.2, -0.15) is 0 Å². The molecule has 0 fully saturated rings. The highest BCUT2D eigenvalue weighted by molar-refractivity contribution is 7.99. The van der Waals surface area contributed by atoms with Crippen LogP contribution in [0.5, 0.6) is 0 Å². The highest BCUT2D eigenvalue weighted by Crippen LogP contribution is 2.29. The molecule has 7 heteroatoms. The van der Waals surface area contributed by atoms with Gasteiger partial charge in [0.2, 0.25) is 5.78 Å². The Labute approximate surface area is 192 Å². The van der Waals surface area contributed by atoms with E-state index in [0.29, 0.717) is 12.3 Å². The van der Waals surface area contributed by atoms with Gasteiger partial charge in [-0.15, -0.1) is 10.2 Å². The number of furan rings is 1. The Morgan fingerprint density at radius 1 is 1.09 bits per heavy atom. The van der Waals surface area contributed by atoms with Crippen LogP contribution in [0.3, 0.4) is 0 Å². The van der Waals surface area contributed by atoms with E-state index in [9.17, 15) is 4.79 Å². The molecule has 1 unspecified atom stereocenters. The Morgan fingerprint density at radius 2 is 1.81 bits per heavy atom. The van der Waals surface area contributed by atoms with Crippen LogP contribution in [-0.4, -0.2) is 45.3 Å². The molecule has 0 spiro atoms. The molecule has 4 aromatic rings. The summed E-state index contributed by atoms with van der Waals surface area (Å²) >= 11 is 1.41. The van der Waals surface area contributed by atoms with Crippen molar-refractivity contribution >= 4 is 28.5 Å². The van der Waals surface area contributed by atoms with Gasteiger partial charge in [-0.1, -0.05) is 67.2 Å². The standard InChI is InChI=1S/C25H28N4O2S/c1-5-20(28(3)4)24-26-27-25(29(24)15-18-11-7-6-8-12-18)32-16-21(30)23-17(2)19-13-9-10-14-22(19)31-23/h6-14,20H,5,15-16H2,1-4H3. The molecule has 0 radical (unpaired) electrons. The lowest BCUT2D eigenvalue weighted by Crippen LogP contribution is -2.23. The van der Waals surface area contributed by atoms with Crippen LogP contribution in [0, 0.1) is 6.92 Å². The third-order valence-corrected chi connectivity index (χ3v) is 6.63. The minimum atomic E-state index is -0.0424. The fraction of sp³-hybridized carbons (Fsp3) is 0.320. The molecule has 0 aliphatic carbocycles. The summed E-state index contributed by atoms with van der Waals surface area (Å²) in [6.45, 7) is 4.74. The number of aryl methyl sites for hydroxylation is 1. The van der Waals surface area contributed by atoms with Gasteiger partial charge in [-0.3, -0.25) is 9.69 Å². The number of hydrogen-bond acceptors (Lipinski definition) is 6. The summed E-state index contributed by atoms with van der Waals surface area (Å²) in [6, 6.07) is 18.1. The topological polar surface area (TPSA) is 64.2 Å². The van der Waals surface area contributed by atoms with E-state index in [-0.39, 0.29) is 17.6 Å². The first-order valence-corrected chi connectivity index (χ1v) is 11.8. The van der Waals surface area contributed by atoms with Gasteiger partial charge in [0, 0.05) is 10.9 Å². The number of Topliss-reactive ketones (excluding diaryl/α,β-unsaturated/α-hetero) is 1. The van der Waals surface area contributed by atoms with Gasteiger partial charge in [0.05, 0.1) is 18.3 Å². The van der Waals surface area contributed by atoms with Crippen molar-refractivity contribution in [1.82, 2.24) is 19.7 Å². The average molecular weight is 449 g/mol. The molecule has 32 heavy (non-hydrogen) atoms. The number of carbonyl (C=O) groups is 1. The summed E-state index contributed by atoms with van der Waals surface area (Å²) in [5.74, 6) is 1.54. The summed E-state index contributed by atoms with van der Waals surface area (Å²) in [5.41, 5.74) is 2.80. The van der Waals surface area contributed by atoms with Crippen LogP contribution >= 0.6 is 11.8 Å². The zero-order valence-electron chi connectivity index (χ0n) is 18.9. The van der Waals surface area contributed by atoms with Crippen LogP contribution < -0.4 is 0 Å². The predicted octanol–water partition coefficient (Wildman–Crippen LogP) is 5.37. The third kappa shape index (κ3) is 4.49. The largest absolute Gasteiger partial charge is 0.453 e. The summed E-state index contributed by atoms with van der Waals surface area (Å²) in [4.78, 5) is 15.2. The van der Waals surface area contributed by atoms with Crippen molar-refractivity contribution in [3.63, 3.8) is 0 Å². The summed E-state index contributed by atoms with van der Waals surface area (Å²) < 4.78 is 7.99. The van der Waals surface area contributed by atoms with Crippen molar-refractivity contribution in [2.75, 3.05) is 19.8 Å². The lowest BCUT2D eigenvalue weighted by molar-refractivity contribution is 0.0993. The fourth-order valence-corrected chi connectivity index (χ4v) is 4.79. The molecule has 0 N–H and O–H groups in total. The van der Waals surface area contributed by atoms with Crippen LogP contribution in [0.4, 0.5) is 0 Å². The summed E-state index contributed by atoms with van der Waals surface area (Å²) in [5, 5.41) is 10.7. The first kappa shape index (κ1) is 22.3. The quantitative estimate of drug-likeness (QED) is 0.253. The van der Waals surface area contributed by atoms with Crippen molar-refractivity contribution in [2.24, 2.45) is 0 Å². The predicted molar refractivity (Wildman–Crippen MR) is 128 cm³/mol. The average Bonchev–Trinajstić information content (AvgIpc) is 3.34. The molecular formula is C25H28N4O2S. The number of thioether (sulfide) groups is 1. The van der Waals surface area contributed by atoms with Crippen molar-refractivity contribution in [1.29, 1.82) is 0 Å². The Balaban J connectivity index is 1.60. The lowest BCUT2D eigenvalue weighted by atomic mass is 10.1. The van der Waals surface area contributed by atoms with Crippen LogP contribution in [-0.2, 0) is 6.54 Å². The maximum Gasteiger partial charge on any atom is 0.208 e. The van der Waals surface area contributed by atoms with Crippen molar-refractivity contribution in [2.45, 2.75) is 38.0 Å². The summed E-state index contributed by atoms with van der Waals surface area (Å²) in [6.07, 6.45) is 0.918. The second-order valence-electron chi connectivity index (χ2n) is 8.06. The van der Waals surface area contributed by atoms with Gasteiger partial charge in [-0.25, -0.2) is 0 Å². The van der Waals surface area contributed by atoms with Crippen molar-refractivity contribution in [3.8, 4) is 0 Å². The Morgan fingerprint density at radius 3 is 2.50 bits per heavy atom. The van der Waals surface area contributed by atoms with Gasteiger partial charge in [0.15, 0.2) is 16.7 Å². The second-order valence-corrected chi connectivity index (χ2v) is 9.01. The van der Waals surface area contributed by atoms with Gasteiger partial charge < -0.3 is 8.98 Å². The number of para-hydroxylation sites is 1. The molecule has 4 rings (SSSR count). The Kier molecular flexibility index (Phi) is 6.77. The number of carbonyl (C=O) groups excluding carboxylic acids is 1. The normalized spacial score (nSPS) is 12.5. The second kappa shape index (κ2) is 9.71. The number of ketones is 1. The van der Waals surface area contributed by atoms with Crippen LogP contribution in [0.2, 0.25) is 0 Å². The highest BCUT2D eigenvalue weighted by atomic mass is 32.2. The van der Waals surface area contributed by atoms with E-state index in [1.807, 2.05) is 49.4 Å². The zero-order valence-corrected chi connectivity index (χ0v) is 19.7. The molecule has 0 aliphatic rings. The molecule has 0 amide bonds. The first-order chi connectivity index (χ1) is 15.5. The number of benzene rings is 2. The molecule has 0 aliphatic heterocycles. The number of fused-ring (bicyclic) bond motifs is 1. The molecular weight excluding hydrogens is 420 g/mol. The third-order valence-electron chi connectivity index (χ3n) is 5.67. The molecule has 2 aromatic carbocycles. The number of aromatic nitrogens is 3. The smallest absolute Gasteiger partial charge is 0.208 e. The Bertz CT molecular complexity index is 1210. The fourth-order valence-electron chi connectivity index (χ4n) is 3.98. The van der Waals surface area contributed by atoms with E-state index in [2.05, 4.69) is 52.8 Å². The lowest BCUT2D eigenvalue weighted by Gasteiger charge is -2.23. The van der Waals surface area contributed by atoms with Crippen molar-refractivity contribution < 1.29 is 9.21 Å². The molecule has 166 valence electrons. The van der Waals surface area contributed by atoms with Crippen LogP contribution in [0.25, 0.3) is 11.0 Å². The van der Waals surface area contributed by atoms with Crippen LogP contribution in [0.15, 0.2) is 64.2 Å². The van der Waals surface area contributed by atoms with E-state index in [0.717, 1.165) is 33.9 Å². The van der Waals surface area contributed by atoms with E-state index in [1.165, 1.54) is 17.3 Å². The molecule has 6 nitrogen and oxygen atoms in total. The van der Waals surface area contributed by atoms with E-state index >= 15 is 0 Å². The number of nitrogens with zero attached hydrogens (tertiary/aromatic N) is 4. The van der Waals surface area contributed by atoms with E-state index in [4.69, 9.17) is 4.42 Å². The minimum Gasteiger partial charge on any atom is -0.453 e. The molecule has 2 heterocycles. The van der Waals surface area contributed by atoms with E-state index < -0.39 is 0 Å². The van der Waals surface area contributed by atoms with Gasteiger partial charge in [0.1, 0.15) is 5.58 Å². The zero-order chi connectivity index (χ0) is 22.7. The number of rotatable bonds is 9. The number of hydrogen-bond donors (Lipinski definition) is 0. The van der Waals surface area contributed by atoms with E-state index in [1.54, 1.807) is 0 Å². The SMILES string of the molecule is CCC(c1nnc(SCC(=O)c2oc3ccccc3c2C)n1Cc1ccccc1)N(C)C. The molecule has 0 saturated carbocycles. The molecule has 1 atom stereocenters. The first-order valence-electron chi connectivity index (χ1n) is 10.8. The Hall–Kier alpha value is -2.90. The van der Waals surface area contributed by atoms with Gasteiger partial charge in [-0.05, 0) is 39.1 Å². The maximum atomic E-state index is 13.0.